The first-order chi connectivity index (χ1) is 12.2. The summed E-state index contributed by atoms with van der Waals surface area (Å²) in [6.07, 6.45) is 0.750. The Labute approximate surface area is 158 Å². The van der Waals surface area contributed by atoms with Crippen LogP contribution < -0.4 is 0 Å². The molecule has 0 atom stereocenters. The van der Waals surface area contributed by atoms with Gasteiger partial charge in [-0.25, -0.2) is 8.42 Å². The van der Waals surface area contributed by atoms with Crippen molar-refractivity contribution in [1.29, 1.82) is 0 Å². The number of rotatable bonds is 4. The largest absolute Gasteiger partial charge is 0.360 e. The molecule has 1 fully saturated rings. The summed E-state index contributed by atoms with van der Waals surface area (Å²) < 4.78 is 34.2. The van der Waals surface area contributed by atoms with E-state index in [-0.39, 0.29) is 4.90 Å². The first-order valence-corrected chi connectivity index (χ1v) is 10.4. The number of hydrogen-bond acceptors (Lipinski definition) is 6. The van der Waals surface area contributed by atoms with E-state index in [0.29, 0.717) is 42.8 Å². The van der Waals surface area contributed by atoms with Crippen LogP contribution in [0.1, 0.15) is 29.1 Å². The molecule has 0 aliphatic carbocycles. The van der Waals surface area contributed by atoms with Crippen LogP contribution in [0.15, 0.2) is 9.42 Å². The number of halogens is 1. The second-order valence-electron chi connectivity index (χ2n) is 6.67. The average molecular weight is 402 g/mol. The van der Waals surface area contributed by atoms with Crippen molar-refractivity contribution >= 4 is 21.6 Å². The third-order valence-corrected chi connectivity index (χ3v) is 7.38. The van der Waals surface area contributed by atoms with Gasteiger partial charge in [0.15, 0.2) is 5.76 Å². The van der Waals surface area contributed by atoms with Gasteiger partial charge in [-0.15, -0.1) is 0 Å². The monoisotopic (exact) mass is 401 g/mol. The Kier molecular flexibility index (Phi) is 5.43. The fraction of sp³-hybridized carbons (Fsp3) is 0.625. The highest BCUT2D eigenvalue weighted by Crippen LogP contribution is 2.25. The van der Waals surface area contributed by atoms with Gasteiger partial charge in [0, 0.05) is 38.8 Å². The predicted octanol–water partition coefficient (Wildman–Crippen LogP) is 1.88. The molecule has 8 nitrogen and oxygen atoms in total. The molecule has 0 amide bonds. The molecule has 3 rings (SSSR count). The van der Waals surface area contributed by atoms with Crippen LogP contribution in [0.2, 0.25) is 5.15 Å². The lowest BCUT2D eigenvalue weighted by Gasteiger charge is -2.21. The molecular formula is C16H24ClN5O3S. The molecule has 0 bridgehead atoms. The highest BCUT2D eigenvalue weighted by molar-refractivity contribution is 7.89. The van der Waals surface area contributed by atoms with Crippen LogP contribution in [-0.2, 0) is 23.6 Å². The van der Waals surface area contributed by atoms with Crippen LogP contribution in [0.25, 0.3) is 0 Å². The van der Waals surface area contributed by atoms with Gasteiger partial charge < -0.3 is 4.52 Å². The second-order valence-corrected chi connectivity index (χ2v) is 8.90. The second kappa shape index (κ2) is 7.30. The van der Waals surface area contributed by atoms with Gasteiger partial charge in [-0.1, -0.05) is 16.8 Å². The van der Waals surface area contributed by atoms with Gasteiger partial charge in [-0.05, 0) is 33.7 Å². The Hall–Kier alpha value is -1.42. The number of aryl methyl sites for hydroxylation is 4. The van der Waals surface area contributed by atoms with Gasteiger partial charge in [-0.3, -0.25) is 9.58 Å². The van der Waals surface area contributed by atoms with Crippen molar-refractivity contribution in [1.82, 2.24) is 24.1 Å². The molecule has 1 saturated heterocycles. The highest BCUT2D eigenvalue weighted by Gasteiger charge is 2.32. The molecule has 0 spiro atoms. The lowest BCUT2D eigenvalue weighted by Crippen LogP contribution is -2.35. The van der Waals surface area contributed by atoms with E-state index in [1.54, 1.807) is 18.5 Å². The quantitative estimate of drug-likeness (QED) is 0.777. The van der Waals surface area contributed by atoms with Crippen LogP contribution >= 0.6 is 11.6 Å². The summed E-state index contributed by atoms with van der Waals surface area (Å²) in [6.45, 7) is 8.22. The smallest absolute Gasteiger partial charge is 0.248 e. The van der Waals surface area contributed by atoms with E-state index >= 15 is 0 Å². The first-order valence-electron chi connectivity index (χ1n) is 8.55. The minimum absolute atomic E-state index is 0.192. The molecule has 0 saturated carbocycles. The van der Waals surface area contributed by atoms with Crippen molar-refractivity contribution in [3.63, 3.8) is 0 Å². The van der Waals surface area contributed by atoms with Crippen LogP contribution in [0, 0.1) is 20.8 Å². The molecule has 2 aromatic rings. The molecule has 26 heavy (non-hydrogen) atoms. The Morgan fingerprint density at radius 2 is 1.85 bits per heavy atom. The van der Waals surface area contributed by atoms with E-state index in [9.17, 15) is 8.42 Å². The number of hydrogen-bond donors (Lipinski definition) is 0. The third-order valence-electron chi connectivity index (χ3n) is 4.76. The SMILES string of the molecule is Cc1nn(C)c(Cl)c1CN1CCCN(S(=O)(=O)c2c(C)noc2C)CC1. The zero-order valence-corrected chi connectivity index (χ0v) is 17.1. The molecule has 0 N–H and O–H groups in total. The highest BCUT2D eigenvalue weighted by atomic mass is 35.5. The zero-order chi connectivity index (χ0) is 19.1. The van der Waals surface area contributed by atoms with E-state index < -0.39 is 10.0 Å². The molecule has 3 heterocycles. The predicted molar refractivity (Wildman–Crippen MR) is 97.6 cm³/mol. The number of nitrogens with zero attached hydrogens (tertiary/aromatic N) is 5. The summed E-state index contributed by atoms with van der Waals surface area (Å²) in [5, 5.41) is 8.75. The lowest BCUT2D eigenvalue weighted by molar-refractivity contribution is 0.278. The van der Waals surface area contributed by atoms with E-state index in [1.807, 2.05) is 14.0 Å². The van der Waals surface area contributed by atoms with Crippen molar-refractivity contribution in [2.75, 3.05) is 26.2 Å². The summed E-state index contributed by atoms with van der Waals surface area (Å²) >= 11 is 6.33. The van der Waals surface area contributed by atoms with Gasteiger partial charge in [0.05, 0.1) is 5.69 Å². The van der Waals surface area contributed by atoms with Crippen LogP contribution in [-0.4, -0.2) is 58.7 Å². The van der Waals surface area contributed by atoms with Crippen molar-refractivity contribution in [2.45, 2.75) is 38.6 Å². The fourth-order valence-electron chi connectivity index (χ4n) is 3.39. The lowest BCUT2D eigenvalue weighted by atomic mass is 10.2. The van der Waals surface area contributed by atoms with Gasteiger partial charge in [-0.2, -0.15) is 9.40 Å². The minimum Gasteiger partial charge on any atom is -0.360 e. The maximum absolute atomic E-state index is 13.0. The summed E-state index contributed by atoms with van der Waals surface area (Å²) in [6, 6.07) is 0. The third kappa shape index (κ3) is 3.53. The Balaban J connectivity index is 1.74. The van der Waals surface area contributed by atoms with Crippen LogP contribution in [0.3, 0.4) is 0 Å². The van der Waals surface area contributed by atoms with Crippen molar-refractivity contribution in [3.8, 4) is 0 Å². The van der Waals surface area contributed by atoms with Crippen LogP contribution in [0.4, 0.5) is 0 Å². The molecule has 144 valence electrons. The number of aromatic nitrogens is 3. The first kappa shape index (κ1) is 19.3. The van der Waals surface area contributed by atoms with Gasteiger partial charge in [0.1, 0.15) is 15.7 Å². The molecular weight excluding hydrogens is 378 g/mol. The molecule has 0 unspecified atom stereocenters. The van der Waals surface area contributed by atoms with E-state index in [1.165, 1.54) is 4.31 Å². The molecule has 2 aromatic heterocycles. The zero-order valence-electron chi connectivity index (χ0n) is 15.5. The van der Waals surface area contributed by atoms with E-state index in [4.69, 9.17) is 16.1 Å². The van der Waals surface area contributed by atoms with Crippen molar-refractivity contribution < 1.29 is 12.9 Å². The standard InChI is InChI=1S/C16H24ClN5O3S/c1-11-14(16(17)20(4)18-11)10-21-6-5-7-22(9-8-21)26(23,24)15-12(2)19-25-13(15)3/h5-10H2,1-4H3. The summed E-state index contributed by atoms with van der Waals surface area (Å²) in [5.74, 6) is 0.335. The van der Waals surface area contributed by atoms with Crippen molar-refractivity contribution in [3.05, 3.63) is 27.9 Å². The Morgan fingerprint density at radius 3 is 2.42 bits per heavy atom. The van der Waals surface area contributed by atoms with Gasteiger partial charge in [0.2, 0.25) is 10.0 Å². The van der Waals surface area contributed by atoms with Crippen LogP contribution in [0.5, 0.6) is 0 Å². The van der Waals surface area contributed by atoms with Crippen molar-refractivity contribution in [2.24, 2.45) is 7.05 Å². The minimum atomic E-state index is -3.60. The molecule has 10 heteroatoms. The maximum Gasteiger partial charge on any atom is 0.248 e. The normalized spacial score (nSPS) is 17.6. The topological polar surface area (TPSA) is 84.5 Å². The molecule has 0 radical (unpaired) electrons. The Morgan fingerprint density at radius 1 is 1.12 bits per heavy atom. The molecule has 0 aromatic carbocycles. The number of sulfonamides is 1. The van der Waals surface area contributed by atoms with Gasteiger partial charge >= 0.3 is 0 Å². The average Bonchev–Trinajstić information content (AvgIpc) is 2.91. The summed E-state index contributed by atoms with van der Waals surface area (Å²) in [4.78, 5) is 2.41. The molecule has 1 aliphatic heterocycles. The fourth-order valence-corrected chi connectivity index (χ4v) is 5.39. The molecule has 1 aliphatic rings. The summed E-state index contributed by atoms with van der Waals surface area (Å²) in [5.41, 5.74) is 2.31. The Bertz CT molecular complexity index is 886. The maximum atomic E-state index is 13.0. The summed E-state index contributed by atoms with van der Waals surface area (Å²) in [7, 11) is -1.79. The van der Waals surface area contributed by atoms with E-state index in [2.05, 4.69) is 15.2 Å². The van der Waals surface area contributed by atoms with Gasteiger partial charge in [0.25, 0.3) is 0 Å². The van der Waals surface area contributed by atoms with E-state index in [0.717, 1.165) is 24.2 Å².